The molecule has 1 aromatic heterocycles. The van der Waals surface area contributed by atoms with Crippen LogP contribution in [-0.2, 0) is 0 Å². The molecule has 3 unspecified atom stereocenters. The average Bonchev–Trinajstić information content (AvgIpc) is 3.15. The van der Waals surface area contributed by atoms with Gasteiger partial charge in [0.2, 0.25) is 0 Å². The zero-order valence-corrected chi connectivity index (χ0v) is 12.7. The number of fused-ring (bicyclic) bond motifs is 3. The average molecular weight is 292 g/mol. The highest BCUT2D eigenvalue weighted by Gasteiger charge is 2.38. The minimum Gasteiger partial charge on any atom is -0.377 e. The van der Waals surface area contributed by atoms with Crippen LogP contribution in [0.25, 0.3) is 0 Å². The summed E-state index contributed by atoms with van der Waals surface area (Å²) in [5.74, 6) is 0.991. The molecule has 4 rings (SSSR count). The van der Waals surface area contributed by atoms with Crippen molar-refractivity contribution in [2.75, 3.05) is 5.32 Å². The molecule has 0 bridgehead atoms. The van der Waals surface area contributed by atoms with Crippen molar-refractivity contribution in [1.29, 1.82) is 5.26 Å². The highest BCUT2D eigenvalue weighted by molar-refractivity contribution is 7.10. The van der Waals surface area contributed by atoms with E-state index in [-0.39, 0.29) is 0 Å². The number of hydrogen-bond donors (Lipinski definition) is 1. The number of rotatable bonds is 1. The fourth-order valence-corrected chi connectivity index (χ4v) is 4.68. The fraction of sp³-hybridized carbons (Fsp3) is 0.278. The second kappa shape index (κ2) is 4.75. The van der Waals surface area contributed by atoms with Gasteiger partial charge in [0.1, 0.15) is 0 Å². The summed E-state index contributed by atoms with van der Waals surface area (Å²) in [4.78, 5) is 1.45. The van der Waals surface area contributed by atoms with Crippen LogP contribution in [0.3, 0.4) is 0 Å². The SMILES string of the molecule is Cc1ccsc1C1Nc2ccc(C#N)cc2C2C=CCC21. The van der Waals surface area contributed by atoms with Gasteiger partial charge in [0.15, 0.2) is 0 Å². The third kappa shape index (κ3) is 1.91. The zero-order chi connectivity index (χ0) is 14.4. The fourth-order valence-electron chi connectivity index (χ4n) is 3.63. The Bertz CT molecular complexity index is 766. The van der Waals surface area contributed by atoms with Crippen molar-refractivity contribution < 1.29 is 0 Å². The van der Waals surface area contributed by atoms with Gasteiger partial charge in [-0.3, -0.25) is 0 Å². The molecule has 3 atom stereocenters. The van der Waals surface area contributed by atoms with Crippen LogP contribution >= 0.6 is 11.3 Å². The summed E-state index contributed by atoms with van der Waals surface area (Å²) in [7, 11) is 0. The summed E-state index contributed by atoms with van der Waals surface area (Å²) in [5, 5.41) is 15.0. The Kier molecular flexibility index (Phi) is 2.87. The molecule has 1 aliphatic carbocycles. The molecule has 2 aromatic rings. The lowest BCUT2D eigenvalue weighted by Gasteiger charge is -2.37. The van der Waals surface area contributed by atoms with E-state index in [9.17, 15) is 0 Å². The van der Waals surface area contributed by atoms with Crippen molar-refractivity contribution in [3.8, 4) is 6.07 Å². The third-order valence-electron chi connectivity index (χ3n) is 4.68. The molecule has 0 spiro atoms. The highest BCUT2D eigenvalue weighted by Crippen LogP contribution is 2.51. The quantitative estimate of drug-likeness (QED) is 0.770. The Labute approximate surface area is 128 Å². The maximum atomic E-state index is 9.13. The first-order chi connectivity index (χ1) is 10.3. The smallest absolute Gasteiger partial charge is 0.0991 e. The zero-order valence-electron chi connectivity index (χ0n) is 11.8. The van der Waals surface area contributed by atoms with Gasteiger partial charge in [-0.15, -0.1) is 11.3 Å². The van der Waals surface area contributed by atoms with Crippen molar-refractivity contribution in [3.63, 3.8) is 0 Å². The van der Waals surface area contributed by atoms with Crippen LogP contribution in [0.5, 0.6) is 0 Å². The van der Waals surface area contributed by atoms with Gasteiger partial charge in [0.25, 0.3) is 0 Å². The standard InChI is InChI=1S/C18H16N2S/c1-11-7-8-21-18(11)17-14-4-2-3-13(14)15-9-12(10-19)5-6-16(15)20-17/h2-3,5-9,13-14,17,20H,4H2,1H3. The van der Waals surface area contributed by atoms with E-state index in [1.165, 1.54) is 21.7 Å². The van der Waals surface area contributed by atoms with Gasteiger partial charge >= 0.3 is 0 Å². The summed E-state index contributed by atoms with van der Waals surface area (Å²) in [6.45, 7) is 2.19. The van der Waals surface area contributed by atoms with E-state index in [0.717, 1.165) is 12.0 Å². The van der Waals surface area contributed by atoms with Gasteiger partial charge in [-0.05, 0) is 60.0 Å². The lowest BCUT2D eigenvalue weighted by Crippen LogP contribution is -2.28. The van der Waals surface area contributed by atoms with Crippen LogP contribution in [0.15, 0.2) is 41.8 Å². The number of allylic oxidation sites excluding steroid dienone is 2. The van der Waals surface area contributed by atoms with E-state index in [2.05, 4.69) is 48.0 Å². The number of aryl methyl sites for hydroxylation is 1. The molecule has 1 aromatic carbocycles. The maximum Gasteiger partial charge on any atom is 0.0991 e. The molecule has 0 amide bonds. The van der Waals surface area contributed by atoms with Crippen LogP contribution in [-0.4, -0.2) is 0 Å². The van der Waals surface area contributed by atoms with Crippen molar-refractivity contribution in [1.82, 2.24) is 0 Å². The van der Waals surface area contributed by atoms with E-state index in [4.69, 9.17) is 5.26 Å². The number of thiophene rings is 1. The number of anilines is 1. The molecular formula is C18H16N2S. The summed E-state index contributed by atoms with van der Waals surface area (Å²) < 4.78 is 0. The highest BCUT2D eigenvalue weighted by atomic mass is 32.1. The third-order valence-corrected chi connectivity index (χ3v) is 5.78. The van der Waals surface area contributed by atoms with Crippen molar-refractivity contribution in [2.24, 2.45) is 5.92 Å². The first-order valence-electron chi connectivity index (χ1n) is 7.29. The van der Waals surface area contributed by atoms with Gasteiger partial charge in [-0.1, -0.05) is 12.2 Å². The van der Waals surface area contributed by atoms with E-state index in [1.807, 2.05) is 23.5 Å². The predicted octanol–water partition coefficient (Wildman–Crippen LogP) is 4.75. The molecule has 0 radical (unpaired) electrons. The topological polar surface area (TPSA) is 35.8 Å². The second-order valence-electron chi connectivity index (χ2n) is 5.86. The summed E-state index contributed by atoms with van der Waals surface area (Å²) in [6, 6.07) is 10.9. The van der Waals surface area contributed by atoms with E-state index in [0.29, 0.717) is 17.9 Å². The molecule has 0 saturated heterocycles. The largest absolute Gasteiger partial charge is 0.377 e. The maximum absolute atomic E-state index is 9.13. The van der Waals surface area contributed by atoms with Gasteiger partial charge in [0, 0.05) is 16.5 Å². The van der Waals surface area contributed by atoms with Gasteiger partial charge < -0.3 is 5.32 Å². The molecule has 21 heavy (non-hydrogen) atoms. The molecule has 2 aliphatic rings. The molecule has 2 heterocycles. The monoisotopic (exact) mass is 292 g/mol. The van der Waals surface area contributed by atoms with Crippen LogP contribution in [0.2, 0.25) is 0 Å². The first kappa shape index (κ1) is 12.7. The Balaban J connectivity index is 1.82. The minimum absolute atomic E-state index is 0.380. The van der Waals surface area contributed by atoms with E-state index < -0.39 is 0 Å². The van der Waals surface area contributed by atoms with E-state index in [1.54, 1.807) is 0 Å². The number of nitrogens with zero attached hydrogens (tertiary/aromatic N) is 1. The normalized spacial score (nSPS) is 25.8. The number of hydrogen-bond acceptors (Lipinski definition) is 3. The van der Waals surface area contributed by atoms with Crippen molar-refractivity contribution in [2.45, 2.75) is 25.3 Å². The molecule has 0 saturated carbocycles. The summed E-state index contributed by atoms with van der Waals surface area (Å²) in [5.41, 5.74) is 4.58. The number of benzene rings is 1. The Morgan fingerprint density at radius 2 is 2.24 bits per heavy atom. The van der Waals surface area contributed by atoms with Crippen LogP contribution < -0.4 is 5.32 Å². The van der Waals surface area contributed by atoms with Crippen LogP contribution in [0.1, 0.15) is 39.9 Å². The van der Waals surface area contributed by atoms with E-state index >= 15 is 0 Å². The molecule has 2 nitrogen and oxygen atoms in total. The minimum atomic E-state index is 0.380. The molecule has 1 aliphatic heterocycles. The molecule has 104 valence electrons. The lowest BCUT2D eigenvalue weighted by atomic mass is 9.78. The van der Waals surface area contributed by atoms with Gasteiger partial charge in [-0.2, -0.15) is 5.26 Å². The number of nitrogens with one attached hydrogen (secondary N) is 1. The van der Waals surface area contributed by atoms with Crippen LogP contribution in [0, 0.1) is 24.2 Å². The van der Waals surface area contributed by atoms with Crippen molar-refractivity contribution in [3.05, 3.63) is 63.4 Å². The first-order valence-corrected chi connectivity index (χ1v) is 8.17. The van der Waals surface area contributed by atoms with Crippen molar-refractivity contribution >= 4 is 17.0 Å². The lowest BCUT2D eigenvalue weighted by molar-refractivity contribution is 0.429. The Hall–Kier alpha value is -2.05. The molecule has 1 N–H and O–H groups in total. The summed E-state index contributed by atoms with van der Waals surface area (Å²) >= 11 is 1.84. The Morgan fingerprint density at radius 3 is 3.00 bits per heavy atom. The van der Waals surface area contributed by atoms with Gasteiger partial charge in [0.05, 0.1) is 17.7 Å². The summed E-state index contributed by atoms with van der Waals surface area (Å²) in [6.07, 6.45) is 5.72. The van der Waals surface area contributed by atoms with Crippen LogP contribution in [0.4, 0.5) is 5.69 Å². The molecule has 0 fully saturated rings. The predicted molar refractivity (Wildman–Crippen MR) is 86.6 cm³/mol. The van der Waals surface area contributed by atoms with Gasteiger partial charge in [-0.25, -0.2) is 0 Å². The second-order valence-corrected chi connectivity index (χ2v) is 6.80. The molecular weight excluding hydrogens is 276 g/mol. The Morgan fingerprint density at radius 1 is 1.33 bits per heavy atom. The number of nitriles is 1. The molecule has 3 heteroatoms.